The van der Waals surface area contributed by atoms with Gasteiger partial charge in [-0.15, -0.1) is 11.3 Å². The fraction of sp³-hybridized carbons (Fsp3) is 0.538. The van der Waals surface area contributed by atoms with Gasteiger partial charge >= 0.3 is 0 Å². The third kappa shape index (κ3) is 4.88. The molecule has 1 aliphatic carbocycles. The lowest BCUT2D eigenvalue weighted by molar-refractivity contribution is 0.0950. The van der Waals surface area contributed by atoms with E-state index in [1.165, 1.54) is 30.6 Å². The number of nitrogens with one attached hydrogen (secondary N) is 2. The van der Waals surface area contributed by atoms with Crippen molar-refractivity contribution in [2.24, 2.45) is 5.92 Å². The molecule has 3 heterocycles. The number of carbonyl (C=O) groups excluding carboxylic acids is 1. The van der Waals surface area contributed by atoms with E-state index in [9.17, 15) is 9.59 Å². The molecule has 2 aromatic rings. The van der Waals surface area contributed by atoms with Gasteiger partial charge in [-0.05, 0) is 75.5 Å². The van der Waals surface area contributed by atoms with E-state index in [1.54, 1.807) is 18.4 Å². The molecule has 2 N–H and O–H groups in total. The molecule has 2 aliphatic rings. The van der Waals surface area contributed by atoms with Gasteiger partial charge in [-0.3, -0.25) is 9.59 Å². The summed E-state index contributed by atoms with van der Waals surface area (Å²) >= 11 is 1.70. The molecule has 6 nitrogen and oxygen atoms in total. The molecule has 1 saturated carbocycles. The van der Waals surface area contributed by atoms with Crippen LogP contribution in [-0.4, -0.2) is 35.5 Å². The third-order valence-electron chi connectivity index (χ3n) is 7.48. The number of hydrogen-bond acceptors (Lipinski definition) is 5. The molecule has 1 amide bonds. The Morgan fingerprint density at radius 3 is 2.61 bits per heavy atom. The van der Waals surface area contributed by atoms with E-state index < -0.39 is 0 Å². The first-order valence-corrected chi connectivity index (χ1v) is 12.7. The van der Waals surface area contributed by atoms with Gasteiger partial charge in [-0.2, -0.15) is 0 Å². The Hall–Kier alpha value is -2.54. The molecule has 0 radical (unpaired) electrons. The molecule has 1 aliphatic heterocycles. The second-order valence-corrected chi connectivity index (χ2v) is 10.5. The Labute approximate surface area is 200 Å². The number of pyridine rings is 1. The van der Waals surface area contributed by atoms with Crippen LogP contribution in [0.25, 0.3) is 0 Å². The SMILES string of the molecule is COC1=CN([C@H]2CC[C@H](C(C)c3scc(C(=O)NCc4c(C)cc(C)[nH]c4=O)c3C)CC2)C1. The van der Waals surface area contributed by atoms with Crippen LogP contribution in [-0.2, 0) is 11.3 Å². The van der Waals surface area contributed by atoms with Gasteiger partial charge in [0.05, 0.1) is 19.2 Å². The van der Waals surface area contributed by atoms with E-state index in [-0.39, 0.29) is 18.0 Å². The number of carbonyl (C=O) groups is 1. The first-order chi connectivity index (χ1) is 15.8. The minimum Gasteiger partial charge on any atom is -0.498 e. The number of amides is 1. The third-order valence-corrected chi connectivity index (χ3v) is 8.77. The van der Waals surface area contributed by atoms with Gasteiger partial charge in [0.1, 0.15) is 5.76 Å². The topological polar surface area (TPSA) is 74.4 Å². The Balaban J connectivity index is 1.36. The van der Waals surface area contributed by atoms with E-state index in [0.29, 0.717) is 23.4 Å². The maximum absolute atomic E-state index is 12.9. The average molecular weight is 470 g/mol. The van der Waals surface area contributed by atoms with E-state index in [2.05, 4.69) is 35.2 Å². The lowest BCUT2D eigenvalue weighted by atomic mass is 9.77. The van der Waals surface area contributed by atoms with Crippen molar-refractivity contribution in [1.29, 1.82) is 0 Å². The zero-order valence-corrected chi connectivity index (χ0v) is 21.1. The van der Waals surface area contributed by atoms with Crippen LogP contribution in [0.15, 0.2) is 28.2 Å². The maximum atomic E-state index is 12.9. The fourth-order valence-electron chi connectivity index (χ4n) is 5.31. The number of aryl methyl sites for hydroxylation is 2. The van der Waals surface area contributed by atoms with Crippen LogP contribution in [0.3, 0.4) is 0 Å². The number of nitrogens with zero attached hydrogens (tertiary/aromatic N) is 1. The molecule has 7 heteroatoms. The van der Waals surface area contributed by atoms with Crippen LogP contribution in [0.2, 0.25) is 0 Å². The van der Waals surface area contributed by atoms with Crippen molar-refractivity contribution in [1.82, 2.24) is 15.2 Å². The summed E-state index contributed by atoms with van der Waals surface area (Å²) in [5.74, 6) is 2.06. The summed E-state index contributed by atoms with van der Waals surface area (Å²) in [7, 11) is 1.74. The van der Waals surface area contributed by atoms with Gasteiger partial charge in [0.25, 0.3) is 11.5 Å². The number of aromatic amines is 1. The first kappa shape index (κ1) is 23.6. The minimum atomic E-state index is -0.132. The van der Waals surface area contributed by atoms with Gasteiger partial charge in [-0.1, -0.05) is 6.92 Å². The number of methoxy groups -OCH3 is 1. The summed E-state index contributed by atoms with van der Waals surface area (Å²) in [5, 5.41) is 4.93. The summed E-state index contributed by atoms with van der Waals surface area (Å²) in [5.41, 5.74) is 4.02. The zero-order chi connectivity index (χ0) is 23.7. The molecule has 4 rings (SSSR count). The fourth-order valence-corrected chi connectivity index (χ4v) is 6.53. The zero-order valence-electron chi connectivity index (χ0n) is 20.3. The van der Waals surface area contributed by atoms with Crippen LogP contribution >= 0.6 is 11.3 Å². The predicted octanol–water partition coefficient (Wildman–Crippen LogP) is 4.76. The number of aromatic nitrogens is 1. The average Bonchev–Trinajstić information content (AvgIpc) is 3.13. The molecule has 0 spiro atoms. The Morgan fingerprint density at radius 1 is 1.27 bits per heavy atom. The summed E-state index contributed by atoms with van der Waals surface area (Å²) in [6.45, 7) is 9.32. The van der Waals surface area contributed by atoms with E-state index in [0.717, 1.165) is 34.7 Å². The van der Waals surface area contributed by atoms with Crippen LogP contribution in [0, 0.1) is 26.7 Å². The smallest absolute Gasteiger partial charge is 0.253 e. The molecule has 1 fully saturated rings. The molecule has 0 aromatic carbocycles. The number of rotatable bonds is 7. The monoisotopic (exact) mass is 469 g/mol. The van der Waals surface area contributed by atoms with Crippen molar-refractivity contribution in [3.63, 3.8) is 0 Å². The summed E-state index contributed by atoms with van der Waals surface area (Å²) in [4.78, 5) is 31.7. The van der Waals surface area contributed by atoms with Gasteiger partial charge < -0.3 is 19.9 Å². The molecule has 0 saturated heterocycles. The highest BCUT2D eigenvalue weighted by atomic mass is 32.1. The number of ether oxygens (including phenoxy) is 1. The standard InChI is InChI=1S/C26H35N3O3S/c1-15-10-16(2)28-26(31)22(15)11-27-25(30)23-14-33-24(18(23)4)17(3)19-6-8-20(9-7-19)29-12-21(13-29)32-5/h10,12,14,17,19-20H,6-9,11,13H2,1-5H3,(H,27,30)(H,28,31)/t17?,19-,20-. The Kier molecular flexibility index (Phi) is 6.98. The molecule has 33 heavy (non-hydrogen) atoms. The quantitative estimate of drug-likeness (QED) is 0.613. The van der Waals surface area contributed by atoms with Crippen molar-refractivity contribution in [2.75, 3.05) is 13.7 Å². The van der Waals surface area contributed by atoms with Crippen molar-refractivity contribution >= 4 is 17.2 Å². The van der Waals surface area contributed by atoms with Crippen molar-refractivity contribution in [3.8, 4) is 0 Å². The van der Waals surface area contributed by atoms with Crippen LogP contribution < -0.4 is 10.9 Å². The maximum Gasteiger partial charge on any atom is 0.253 e. The Bertz CT molecular complexity index is 1110. The van der Waals surface area contributed by atoms with Gasteiger partial charge in [0.2, 0.25) is 0 Å². The van der Waals surface area contributed by atoms with E-state index in [1.807, 2.05) is 25.3 Å². The lowest BCUT2D eigenvalue weighted by Crippen LogP contribution is -2.41. The van der Waals surface area contributed by atoms with Crippen LogP contribution in [0.5, 0.6) is 0 Å². The van der Waals surface area contributed by atoms with Gasteiger partial charge in [0, 0.05) is 40.3 Å². The molecule has 2 aromatic heterocycles. The molecule has 1 atom stereocenters. The number of hydrogen-bond donors (Lipinski definition) is 2. The van der Waals surface area contributed by atoms with Gasteiger partial charge in [-0.25, -0.2) is 0 Å². The summed E-state index contributed by atoms with van der Waals surface area (Å²) in [6, 6.07) is 2.56. The molecule has 178 valence electrons. The first-order valence-electron chi connectivity index (χ1n) is 11.8. The van der Waals surface area contributed by atoms with Crippen molar-refractivity contribution in [3.05, 3.63) is 66.6 Å². The number of H-pyrrole nitrogens is 1. The largest absolute Gasteiger partial charge is 0.498 e. The van der Waals surface area contributed by atoms with Gasteiger partial charge in [0.15, 0.2) is 0 Å². The summed E-state index contributed by atoms with van der Waals surface area (Å²) < 4.78 is 5.29. The normalized spacial score (nSPS) is 21.2. The number of thiophene rings is 1. The van der Waals surface area contributed by atoms with Crippen LogP contribution in [0.1, 0.15) is 76.1 Å². The molecule has 1 unspecified atom stereocenters. The molecular formula is C26H35N3O3S. The van der Waals surface area contributed by atoms with Crippen LogP contribution in [0.4, 0.5) is 0 Å². The summed E-state index contributed by atoms with van der Waals surface area (Å²) in [6.07, 6.45) is 7.00. The predicted molar refractivity (Wildman–Crippen MR) is 133 cm³/mol. The highest BCUT2D eigenvalue weighted by Gasteiger charge is 2.32. The Morgan fingerprint density at radius 2 is 1.97 bits per heavy atom. The van der Waals surface area contributed by atoms with E-state index >= 15 is 0 Å². The molecule has 0 bridgehead atoms. The minimum absolute atomic E-state index is 0.108. The van der Waals surface area contributed by atoms with Crippen molar-refractivity contribution < 1.29 is 9.53 Å². The lowest BCUT2D eigenvalue weighted by Gasteiger charge is -2.42. The second kappa shape index (κ2) is 9.75. The molecular weight excluding hydrogens is 434 g/mol. The van der Waals surface area contributed by atoms with E-state index in [4.69, 9.17) is 4.74 Å². The second-order valence-electron chi connectivity index (χ2n) is 9.59. The highest BCUT2D eigenvalue weighted by Crippen LogP contribution is 2.41. The highest BCUT2D eigenvalue weighted by molar-refractivity contribution is 7.10. The van der Waals surface area contributed by atoms with Crippen molar-refractivity contribution in [2.45, 2.75) is 71.9 Å².